The van der Waals surface area contributed by atoms with Crippen molar-refractivity contribution in [2.24, 2.45) is 5.92 Å². The molecule has 0 radical (unpaired) electrons. The molecule has 1 aromatic carbocycles. The molecule has 0 aliphatic carbocycles. The van der Waals surface area contributed by atoms with Crippen molar-refractivity contribution in [1.29, 1.82) is 0 Å². The zero-order chi connectivity index (χ0) is 18.7. The number of benzene rings is 1. The summed E-state index contributed by atoms with van der Waals surface area (Å²) in [7, 11) is -3.56. The molecule has 1 amide bonds. The van der Waals surface area contributed by atoms with E-state index in [-0.39, 0.29) is 16.7 Å². The Kier molecular flexibility index (Phi) is 5.79. The third-order valence-electron chi connectivity index (χ3n) is 4.50. The normalized spacial score (nSPS) is 16.5. The number of rotatable bonds is 5. The van der Waals surface area contributed by atoms with Gasteiger partial charge in [0.25, 0.3) is 0 Å². The summed E-state index contributed by atoms with van der Waals surface area (Å²) in [6.07, 6.45) is 4.40. The highest BCUT2D eigenvalue weighted by molar-refractivity contribution is 9.10. The minimum Gasteiger partial charge on any atom is -0.323 e. The number of halogens is 1. The van der Waals surface area contributed by atoms with E-state index in [9.17, 15) is 13.2 Å². The van der Waals surface area contributed by atoms with Crippen molar-refractivity contribution < 1.29 is 13.2 Å². The monoisotopic (exact) mass is 440 g/mol. The summed E-state index contributed by atoms with van der Waals surface area (Å²) in [6, 6.07) is 6.78. The van der Waals surface area contributed by atoms with Crippen molar-refractivity contribution in [3.63, 3.8) is 0 Å². The molecule has 0 unspecified atom stereocenters. The van der Waals surface area contributed by atoms with Gasteiger partial charge in [0.1, 0.15) is 0 Å². The molecule has 2 heterocycles. The first-order chi connectivity index (χ1) is 12.4. The molecular weight excluding hydrogens is 420 g/mol. The topological polar surface area (TPSA) is 84.3 Å². The van der Waals surface area contributed by atoms with Crippen molar-refractivity contribution in [3.05, 3.63) is 41.1 Å². The van der Waals surface area contributed by atoms with Gasteiger partial charge in [-0.1, -0.05) is 12.1 Å². The van der Waals surface area contributed by atoms with Crippen molar-refractivity contribution in [2.75, 3.05) is 18.4 Å². The Hall–Kier alpha value is -1.71. The van der Waals surface area contributed by atoms with Crippen molar-refractivity contribution >= 4 is 37.5 Å². The molecule has 9 heteroatoms. The predicted molar refractivity (Wildman–Crippen MR) is 102 cm³/mol. The lowest BCUT2D eigenvalue weighted by molar-refractivity contribution is -0.120. The smallest absolute Gasteiger partial charge is 0.244 e. The summed E-state index contributed by atoms with van der Waals surface area (Å²) in [5, 5.41) is 6.99. The first kappa shape index (κ1) is 19.1. The van der Waals surface area contributed by atoms with Crippen molar-refractivity contribution in [2.45, 2.75) is 31.2 Å². The molecule has 1 aliphatic heterocycles. The molecule has 0 atom stereocenters. The van der Waals surface area contributed by atoms with Gasteiger partial charge in [0, 0.05) is 36.2 Å². The van der Waals surface area contributed by atoms with E-state index in [4.69, 9.17) is 0 Å². The number of anilines is 1. The van der Waals surface area contributed by atoms with Gasteiger partial charge in [-0.05, 0) is 47.8 Å². The van der Waals surface area contributed by atoms with Gasteiger partial charge in [-0.2, -0.15) is 9.40 Å². The Morgan fingerprint density at radius 3 is 2.62 bits per heavy atom. The van der Waals surface area contributed by atoms with Crippen LogP contribution in [0.1, 0.15) is 19.8 Å². The summed E-state index contributed by atoms with van der Waals surface area (Å²) >= 11 is 3.30. The van der Waals surface area contributed by atoms with Gasteiger partial charge in [0.2, 0.25) is 15.9 Å². The molecule has 1 aromatic heterocycles. The first-order valence-electron chi connectivity index (χ1n) is 8.50. The maximum Gasteiger partial charge on any atom is 0.244 e. The average Bonchev–Trinajstić information content (AvgIpc) is 3.09. The maximum absolute atomic E-state index is 12.8. The van der Waals surface area contributed by atoms with Crippen molar-refractivity contribution in [3.8, 4) is 0 Å². The van der Waals surface area contributed by atoms with Gasteiger partial charge in [-0.3, -0.25) is 9.48 Å². The van der Waals surface area contributed by atoms with Crippen LogP contribution in [0.4, 0.5) is 5.69 Å². The van der Waals surface area contributed by atoms with Gasteiger partial charge in [0.05, 0.1) is 16.8 Å². The second kappa shape index (κ2) is 7.89. The molecule has 1 saturated heterocycles. The Balaban J connectivity index is 1.62. The highest BCUT2D eigenvalue weighted by atomic mass is 79.9. The van der Waals surface area contributed by atoms with Crippen LogP contribution >= 0.6 is 15.9 Å². The van der Waals surface area contributed by atoms with Crippen LogP contribution in [-0.2, 0) is 21.4 Å². The Morgan fingerprint density at radius 2 is 2.00 bits per heavy atom. The molecule has 2 aromatic rings. The van der Waals surface area contributed by atoms with Crippen LogP contribution in [0.25, 0.3) is 0 Å². The number of sulfonamides is 1. The summed E-state index contributed by atoms with van der Waals surface area (Å²) < 4.78 is 29.3. The molecule has 0 saturated carbocycles. The first-order valence-corrected chi connectivity index (χ1v) is 10.7. The molecule has 0 bridgehead atoms. The summed E-state index contributed by atoms with van der Waals surface area (Å²) in [5.74, 6) is -0.288. The molecule has 7 nitrogen and oxygen atoms in total. The van der Waals surface area contributed by atoms with Gasteiger partial charge in [-0.25, -0.2) is 8.42 Å². The van der Waals surface area contributed by atoms with Crippen LogP contribution in [0.15, 0.2) is 46.0 Å². The van der Waals surface area contributed by atoms with E-state index in [0.29, 0.717) is 36.1 Å². The van der Waals surface area contributed by atoms with Gasteiger partial charge >= 0.3 is 0 Å². The van der Waals surface area contributed by atoms with Gasteiger partial charge in [0.15, 0.2) is 0 Å². The Bertz CT molecular complexity index is 889. The molecule has 1 N–H and O–H groups in total. The summed E-state index contributed by atoms with van der Waals surface area (Å²) in [5.41, 5.74) is 0.667. The lowest BCUT2D eigenvalue weighted by atomic mass is 9.97. The van der Waals surface area contributed by atoms with E-state index < -0.39 is 10.0 Å². The van der Waals surface area contributed by atoms with E-state index in [1.165, 1.54) is 4.31 Å². The van der Waals surface area contributed by atoms with Crippen LogP contribution in [0, 0.1) is 5.92 Å². The van der Waals surface area contributed by atoms with Gasteiger partial charge < -0.3 is 5.32 Å². The maximum atomic E-state index is 12.8. The quantitative estimate of drug-likeness (QED) is 0.774. The van der Waals surface area contributed by atoms with E-state index in [2.05, 4.69) is 26.3 Å². The van der Waals surface area contributed by atoms with Crippen LogP contribution in [-0.4, -0.2) is 41.5 Å². The molecule has 140 valence electrons. The highest BCUT2D eigenvalue weighted by Crippen LogP contribution is 2.28. The molecular formula is C17H21BrN4O3S. The zero-order valence-electron chi connectivity index (χ0n) is 14.4. The number of aromatic nitrogens is 2. The van der Waals surface area contributed by atoms with Crippen LogP contribution < -0.4 is 5.32 Å². The largest absolute Gasteiger partial charge is 0.323 e. The average molecular weight is 441 g/mol. The summed E-state index contributed by atoms with van der Waals surface area (Å²) in [4.78, 5) is 12.7. The van der Waals surface area contributed by atoms with E-state index >= 15 is 0 Å². The number of carbonyl (C=O) groups is 1. The lowest BCUT2D eigenvalue weighted by Crippen LogP contribution is -2.41. The molecule has 26 heavy (non-hydrogen) atoms. The van der Waals surface area contributed by atoms with Gasteiger partial charge in [-0.15, -0.1) is 0 Å². The fraction of sp³-hybridized carbons (Fsp3) is 0.412. The molecule has 0 spiro atoms. The van der Waals surface area contributed by atoms with E-state index in [1.807, 2.05) is 6.92 Å². The van der Waals surface area contributed by atoms with E-state index in [0.717, 1.165) is 6.54 Å². The number of hydrogen-bond donors (Lipinski definition) is 1. The fourth-order valence-electron chi connectivity index (χ4n) is 3.00. The molecule has 1 aliphatic rings. The Labute approximate surface area is 161 Å². The second-order valence-electron chi connectivity index (χ2n) is 6.18. The van der Waals surface area contributed by atoms with Crippen molar-refractivity contribution in [1.82, 2.24) is 14.1 Å². The Morgan fingerprint density at radius 1 is 1.31 bits per heavy atom. The molecule has 1 fully saturated rings. The SMILES string of the molecule is CCn1cc(NC(=O)C2CCN(S(=O)(=O)c3ccccc3Br)CC2)cn1. The minimum atomic E-state index is -3.56. The predicted octanol–water partition coefficient (Wildman–Crippen LogP) is 2.70. The number of carbonyl (C=O) groups excluding carboxylic acids is 1. The molecule has 3 rings (SSSR count). The minimum absolute atomic E-state index is 0.0846. The number of nitrogens with one attached hydrogen (secondary N) is 1. The standard InChI is InChI=1S/C17H21BrN4O3S/c1-2-21-12-14(11-19-21)20-17(23)13-7-9-22(10-8-13)26(24,25)16-6-4-3-5-15(16)18/h3-6,11-13H,2,7-10H2,1H3,(H,20,23). The van der Waals surface area contributed by atoms with E-state index in [1.54, 1.807) is 41.3 Å². The lowest BCUT2D eigenvalue weighted by Gasteiger charge is -2.30. The third kappa shape index (κ3) is 3.99. The third-order valence-corrected chi connectivity index (χ3v) is 7.41. The number of piperidine rings is 1. The fourth-order valence-corrected chi connectivity index (χ4v) is 5.43. The van der Waals surface area contributed by atoms with Crippen LogP contribution in [0.2, 0.25) is 0 Å². The number of hydrogen-bond acceptors (Lipinski definition) is 4. The zero-order valence-corrected chi connectivity index (χ0v) is 16.8. The van der Waals surface area contributed by atoms with Crippen LogP contribution in [0.5, 0.6) is 0 Å². The second-order valence-corrected chi connectivity index (χ2v) is 8.94. The van der Waals surface area contributed by atoms with Crippen LogP contribution in [0.3, 0.4) is 0 Å². The number of amides is 1. The highest BCUT2D eigenvalue weighted by Gasteiger charge is 2.33. The number of nitrogens with zero attached hydrogens (tertiary/aromatic N) is 3. The number of aryl methyl sites for hydroxylation is 1. The summed E-state index contributed by atoms with van der Waals surface area (Å²) in [6.45, 7) is 3.37.